The van der Waals surface area contributed by atoms with Crippen LogP contribution in [-0.2, 0) is 10.0 Å². The van der Waals surface area contributed by atoms with Gasteiger partial charge in [-0.25, -0.2) is 8.42 Å². The van der Waals surface area contributed by atoms with Crippen LogP contribution in [0.2, 0.25) is 0 Å². The van der Waals surface area contributed by atoms with E-state index in [0.29, 0.717) is 5.69 Å². The van der Waals surface area contributed by atoms with E-state index in [1.165, 1.54) is 0 Å². The number of hydrogen-bond acceptors (Lipinski definition) is 4. The van der Waals surface area contributed by atoms with Gasteiger partial charge in [0, 0.05) is 23.0 Å². The number of aromatic nitrogens is 1. The Morgan fingerprint density at radius 2 is 1.65 bits per heavy atom. The summed E-state index contributed by atoms with van der Waals surface area (Å²) < 4.78 is 25.6. The smallest absolute Gasteiger partial charge is 0.232 e. The maximum Gasteiger partial charge on any atom is 0.232 e. The van der Waals surface area contributed by atoms with Gasteiger partial charge in [-0.15, -0.1) is 0 Å². The van der Waals surface area contributed by atoms with E-state index in [4.69, 9.17) is 0 Å². The zero-order valence-corrected chi connectivity index (χ0v) is 13.5. The van der Waals surface area contributed by atoms with Crippen LogP contribution >= 0.6 is 0 Å². The van der Waals surface area contributed by atoms with Gasteiger partial charge in [0.05, 0.1) is 17.0 Å². The fraction of sp³-hybridized carbons (Fsp3) is 0.118. The van der Waals surface area contributed by atoms with Gasteiger partial charge in [-0.3, -0.25) is 9.71 Å². The van der Waals surface area contributed by atoms with Crippen LogP contribution in [0.1, 0.15) is 6.92 Å². The molecule has 0 aliphatic rings. The van der Waals surface area contributed by atoms with Crippen molar-refractivity contribution in [3.05, 3.63) is 60.8 Å². The lowest BCUT2D eigenvalue weighted by molar-refractivity contribution is 0.602. The quantitative estimate of drug-likeness (QED) is 0.749. The zero-order chi connectivity index (χ0) is 16.3. The van der Waals surface area contributed by atoms with Crippen LogP contribution in [0.15, 0.2) is 60.8 Å². The highest BCUT2D eigenvalue weighted by molar-refractivity contribution is 7.92. The molecule has 118 valence electrons. The third kappa shape index (κ3) is 3.60. The van der Waals surface area contributed by atoms with E-state index in [1.54, 1.807) is 25.3 Å². The summed E-state index contributed by atoms with van der Waals surface area (Å²) in [6.45, 7) is 1.60. The van der Waals surface area contributed by atoms with E-state index in [9.17, 15) is 8.42 Å². The molecule has 0 spiro atoms. The zero-order valence-electron chi connectivity index (χ0n) is 12.7. The van der Waals surface area contributed by atoms with Crippen molar-refractivity contribution in [2.75, 3.05) is 15.8 Å². The van der Waals surface area contributed by atoms with E-state index in [0.717, 1.165) is 22.3 Å². The highest BCUT2D eigenvalue weighted by atomic mass is 32.2. The summed E-state index contributed by atoms with van der Waals surface area (Å²) in [6.07, 6.45) is 1.76. The Labute approximate surface area is 135 Å². The molecule has 3 aromatic rings. The molecule has 0 unspecified atom stereocenters. The summed E-state index contributed by atoms with van der Waals surface area (Å²) >= 11 is 0. The molecule has 0 aliphatic heterocycles. The number of nitrogens with one attached hydrogen (secondary N) is 2. The maximum absolute atomic E-state index is 11.6. The Bertz CT molecular complexity index is 917. The number of hydrogen-bond donors (Lipinski definition) is 2. The third-order valence-electron chi connectivity index (χ3n) is 3.45. The second-order valence-corrected chi connectivity index (χ2v) is 7.10. The number of para-hydroxylation sites is 1. The fourth-order valence-corrected chi connectivity index (χ4v) is 2.87. The first-order valence-electron chi connectivity index (χ1n) is 7.29. The van der Waals surface area contributed by atoms with Crippen LogP contribution in [-0.4, -0.2) is 19.2 Å². The molecule has 0 saturated carbocycles. The predicted octanol–water partition coefficient (Wildman–Crippen LogP) is 3.74. The van der Waals surface area contributed by atoms with Gasteiger partial charge >= 0.3 is 0 Å². The van der Waals surface area contributed by atoms with Crippen molar-refractivity contribution >= 4 is 38.0 Å². The van der Waals surface area contributed by atoms with Gasteiger partial charge in [0.1, 0.15) is 0 Å². The number of rotatable bonds is 5. The molecule has 5 nitrogen and oxygen atoms in total. The van der Waals surface area contributed by atoms with E-state index < -0.39 is 10.0 Å². The van der Waals surface area contributed by atoms with E-state index in [-0.39, 0.29) is 5.75 Å². The summed E-state index contributed by atoms with van der Waals surface area (Å²) in [5.41, 5.74) is 3.21. The number of fused-ring (bicyclic) bond motifs is 1. The first-order chi connectivity index (χ1) is 11.1. The lowest BCUT2D eigenvalue weighted by Crippen LogP contribution is -2.14. The molecule has 3 rings (SSSR count). The molecule has 0 saturated heterocycles. The number of pyridine rings is 1. The number of sulfonamides is 1. The molecular weight excluding hydrogens is 310 g/mol. The van der Waals surface area contributed by atoms with Gasteiger partial charge in [0.2, 0.25) is 10.0 Å². The Balaban J connectivity index is 1.83. The summed E-state index contributed by atoms with van der Waals surface area (Å²) in [5, 5.41) is 4.37. The van der Waals surface area contributed by atoms with Crippen LogP contribution in [0.25, 0.3) is 10.9 Å². The van der Waals surface area contributed by atoms with Gasteiger partial charge in [-0.05, 0) is 43.3 Å². The number of benzene rings is 2. The summed E-state index contributed by atoms with van der Waals surface area (Å²) in [4.78, 5) is 4.40. The molecule has 1 aromatic heterocycles. The van der Waals surface area contributed by atoms with Gasteiger partial charge in [0.15, 0.2) is 0 Å². The highest BCUT2D eigenvalue weighted by Gasteiger charge is 2.07. The second kappa shape index (κ2) is 6.26. The molecule has 0 aliphatic carbocycles. The average molecular weight is 327 g/mol. The molecule has 2 N–H and O–H groups in total. The molecule has 0 bridgehead atoms. The standard InChI is InChI=1S/C17H17N3O2S/c1-2-23(21,22)20-15-10-8-14(9-11-15)19-16-7-3-5-13-6-4-12-18-17(13)16/h3-12,19-20H,2H2,1H3. The van der Waals surface area contributed by atoms with Crippen LogP contribution in [0.3, 0.4) is 0 Å². The normalized spacial score (nSPS) is 11.3. The Morgan fingerprint density at radius 1 is 0.957 bits per heavy atom. The van der Waals surface area contributed by atoms with E-state index >= 15 is 0 Å². The van der Waals surface area contributed by atoms with Gasteiger partial charge in [0.25, 0.3) is 0 Å². The van der Waals surface area contributed by atoms with Crippen molar-refractivity contribution in [2.45, 2.75) is 6.92 Å². The van der Waals surface area contributed by atoms with E-state index in [1.807, 2.05) is 42.5 Å². The lowest BCUT2D eigenvalue weighted by atomic mass is 10.2. The first-order valence-corrected chi connectivity index (χ1v) is 8.94. The number of nitrogens with zero attached hydrogens (tertiary/aromatic N) is 1. The van der Waals surface area contributed by atoms with Crippen molar-refractivity contribution in [3.8, 4) is 0 Å². The van der Waals surface area contributed by atoms with Crippen molar-refractivity contribution < 1.29 is 8.42 Å². The van der Waals surface area contributed by atoms with Crippen molar-refractivity contribution in [1.82, 2.24) is 4.98 Å². The Kier molecular flexibility index (Phi) is 4.16. The molecule has 0 amide bonds. The summed E-state index contributed by atoms with van der Waals surface area (Å²) in [5.74, 6) is 0.0503. The molecule has 0 fully saturated rings. The molecule has 23 heavy (non-hydrogen) atoms. The van der Waals surface area contributed by atoms with Crippen LogP contribution in [0.5, 0.6) is 0 Å². The summed E-state index contributed by atoms with van der Waals surface area (Å²) in [6, 6.07) is 17.0. The minimum Gasteiger partial charge on any atom is -0.354 e. The minimum absolute atomic E-state index is 0.0503. The third-order valence-corrected chi connectivity index (χ3v) is 4.76. The maximum atomic E-state index is 11.6. The van der Waals surface area contributed by atoms with Gasteiger partial charge in [-0.2, -0.15) is 0 Å². The van der Waals surface area contributed by atoms with Gasteiger partial charge < -0.3 is 5.32 Å². The predicted molar refractivity (Wildman–Crippen MR) is 94.6 cm³/mol. The van der Waals surface area contributed by atoms with Crippen LogP contribution < -0.4 is 10.0 Å². The van der Waals surface area contributed by atoms with Crippen molar-refractivity contribution in [2.24, 2.45) is 0 Å². The molecule has 6 heteroatoms. The average Bonchev–Trinajstić information content (AvgIpc) is 2.57. The van der Waals surface area contributed by atoms with Crippen molar-refractivity contribution in [1.29, 1.82) is 0 Å². The molecule has 2 aromatic carbocycles. The van der Waals surface area contributed by atoms with Gasteiger partial charge in [-0.1, -0.05) is 18.2 Å². The largest absolute Gasteiger partial charge is 0.354 e. The first kappa shape index (κ1) is 15.3. The summed E-state index contributed by atoms with van der Waals surface area (Å²) in [7, 11) is -3.25. The monoisotopic (exact) mass is 327 g/mol. The van der Waals surface area contributed by atoms with E-state index in [2.05, 4.69) is 15.0 Å². The van der Waals surface area contributed by atoms with Crippen LogP contribution in [0, 0.1) is 0 Å². The fourth-order valence-electron chi connectivity index (χ4n) is 2.23. The molecular formula is C17H17N3O2S. The molecule has 0 radical (unpaired) electrons. The second-order valence-electron chi connectivity index (χ2n) is 5.09. The lowest BCUT2D eigenvalue weighted by Gasteiger charge is -2.10. The van der Waals surface area contributed by atoms with Crippen molar-refractivity contribution in [3.63, 3.8) is 0 Å². The number of anilines is 3. The molecule has 0 atom stereocenters. The minimum atomic E-state index is -3.25. The SMILES string of the molecule is CCS(=O)(=O)Nc1ccc(Nc2cccc3cccnc23)cc1. The Morgan fingerprint density at radius 3 is 2.39 bits per heavy atom. The Hall–Kier alpha value is -2.60. The highest BCUT2D eigenvalue weighted by Crippen LogP contribution is 2.25. The molecule has 1 heterocycles. The topological polar surface area (TPSA) is 71.1 Å². The van der Waals surface area contributed by atoms with Crippen LogP contribution in [0.4, 0.5) is 17.1 Å².